The van der Waals surface area contributed by atoms with Crippen LogP contribution < -0.4 is 15.0 Å². The summed E-state index contributed by atoms with van der Waals surface area (Å²) in [6.45, 7) is 5.23. The highest BCUT2D eigenvalue weighted by Gasteiger charge is 2.31. The van der Waals surface area contributed by atoms with E-state index in [9.17, 15) is 14.7 Å². The van der Waals surface area contributed by atoms with Crippen LogP contribution in [0.4, 0.5) is 5.69 Å². The topological polar surface area (TPSA) is 91.8 Å². The molecule has 0 fully saturated rings. The molecule has 0 unspecified atom stereocenters. The molecular formula is C29H29N3O4. The van der Waals surface area contributed by atoms with E-state index in [0.717, 1.165) is 11.1 Å². The van der Waals surface area contributed by atoms with Crippen molar-refractivity contribution in [2.45, 2.75) is 38.8 Å². The van der Waals surface area contributed by atoms with Crippen LogP contribution >= 0.6 is 0 Å². The smallest absolute Gasteiger partial charge is 0.270 e. The average molecular weight is 484 g/mol. The molecule has 0 bridgehead atoms. The van der Waals surface area contributed by atoms with Crippen LogP contribution in [0.5, 0.6) is 5.75 Å². The Hall–Kier alpha value is -4.15. The number of nitrogens with zero attached hydrogens (tertiary/aromatic N) is 2. The van der Waals surface area contributed by atoms with E-state index in [-0.39, 0.29) is 18.2 Å². The van der Waals surface area contributed by atoms with Crippen LogP contribution in [0.3, 0.4) is 0 Å². The Morgan fingerprint density at radius 2 is 1.92 bits per heavy atom. The maximum absolute atomic E-state index is 13.2. The second-order valence-electron chi connectivity index (χ2n) is 9.44. The molecule has 0 aliphatic carbocycles. The van der Waals surface area contributed by atoms with Gasteiger partial charge >= 0.3 is 0 Å². The monoisotopic (exact) mass is 483 g/mol. The lowest BCUT2D eigenvalue weighted by molar-refractivity contribution is -0.120. The lowest BCUT2D eigenvalue weighted by atomic mass is 10.0. The largest absolute Gasteiger partial charge is 0.489 e. The minimum absolute atomic E-state index is 0.0142. The molecule has 2 N–H and O–H groups in total. The molecule has 1 aliphatic rings. The first-order valence-corrected chi connectivity index (χ1v) is 11.7. The summed E-state index contributed by atoms with van der Waals surface area (Å²) in [5.41, 5.74) is 3.55. The highest BCUT2D eigenvalue weighted by atomic mass is 16.5. The van der Waals surface area contributed by atoms with Crippen molar-refractivity contribution in [2.24, 2.45) is 0 Å². The minimum atomic E-state index is -1.13. The standard InChI is InChI=1S/C29H29N3O4/c1-19-5-7-20(8-6-19)15-22-12-14-30-23(16-22)27(33)31-24-18-36-26-10-9-21(11-13-29(2,3)35)17-25(26)32(4)28(24)34/h5-10,12,14,16-17,24,35H,15,18H2,1-4H3,(H,31,33)/t24-/m0/s1. The van der Waals surface area contributed by atoms with Gasteiger partial charge in [-0.25, -0.2) is 0 Å². The number of benzene rings is 2. The number of nitrogens with one attached hydrogen (secondary N) is 1. The molecule has 0 saturated heterocycles. The third-order valence-electron chi connectivity index (χ3n) is 5.76. The van der Waals surface area contributed by atoms with Gasteiger partial charge in [0.1, 0.15) is 29.7 Å². The van der Waals surface area contributed by atoms with Crippen LogP contribution in [0, 0.1) is 18.8 Å². The molecular weight excluding hydrogens is 454 g/mol. The fourth-order valence-corrected chi connectivity index (χ4v) is 3.79. The molecule has 2 heterocycles. The molecule has 36 heavy (non-hydrogen) atoms. The average Bonchev–Trinajstić information content (AvgIpc) is 2.96. The molecule has 7 nitrogen and oxygen atoms in total. The maximum Gasteiger partial charge on any atom is 0.270 e. The van der Waals surface area contributed by atoms with Gasteiger partial charge in [-0.15, -0.1) is 0 Å². The summed E-state index contributed by atoms with van der Waals surface area (Å²) < 4.78 is 5.86. The Balaban J connectivity index is 1.48. The van der Waals surface area contributed by atoms with E-state index in [2.05, 4.69) is 46.4 Å². The van der Waals surface area contributed by atoms with Crippen LogP contribution in [0.25, 0.3) is 0 Å². The molecule has 184 valence electrons. The van der Waals surface area contributed by atoms with Crippen molar-refractivity contribution in [3.63, 3.8) is 0 Å². The van der Waals surface area contributed by atoms with Gasteiger partial charge in [0.2, 0.25) is 0 Å². The number of amides is 2. The van der Waals surface area contributed by atoms with Crippen LogP contribution in [0.1, 0.15) is 46.6 Å². The highest BCUT2D eigenvalue weighted by molar-refractivity contribution is 6.03. The zero-order valence-corrected chi connectivity index (χ0v) is 20.8. The van der Waals surface area contributed by atoms with E-state index >= 15 is 0 Å². The van der Waals surface area contributed by atoms with Crippen molar-refractivity contribution >= 4 is 17.5 Å². The molecule has 0 saturated carbocycles. The summed E-state index contributed by atoms with van der Waals surface area (Å²) in [5, 5.41) is 12.6. The van der Waals surface area contributed by atoms with Gasteiger partial charge < -0.3 is 20.1 Å². The molecule has 0 spiro atoms. The van der Waals surface area contributed by atoms with Crippen molar-refractivity contribution in [3.05, 3.63) is 88.7 Å². The zero-order valence-electron chi connectivity index (χ0n) is 20.8. The number of aryl methyl sites for hydroxylation is 1. The number of aliphatic hydroxyl groups is 1. The van der Waals surface area contributed by atoms with E-state index in [1.807, 2.05) is 13.0 Å². The molecule has 3 aromatic rings. The third-order valence-corrected chi connectivity index (χ3v) is 5.76. The van der Waals surface area contributed by atoms with Gasteiger partial charge in [-0.2, -0.15) is 0 Å². The number of rotatable bonds is 4. The van der Waals surface area contributed by atoms with Gasteiger partial charge in [0.15, 0.2) is 0 Å². The van der Waals surface area contributed by atoms with Gasteiger partial charge in [-0.1, -0.05) is 41.7 Å². The Labute approximate surface area is 211 Å². The van der Waals surface area contributed by atoms with E-state index < -0.39 is 17.6 Å². The van der Waals surface area contributed by atoms with Crippen molar-refractivity contribution in [2.75, 3.05) is 18.6 Å². The Bertz CT molecular complexity index is 1350. The van der Waals surface area contributed by atoms with Gasteiger partial charge in [-0.05, 0) is 68.7 Å². The Morgan fingerprint density at radius 1 is 1.17 bits per heavy atom. The number of likely N-dealkylation sites (N-methyl/N-ethyl adjacent to an activating group) is 1. The first kappa shape index (κ1) is 25.0. The third kappa shape index (κ3) is 6.09. The molecule has 7 heteroatoms. The summed E-state index contributed by atoms with van der Waals surface area (Å²) in [6.07, 6.45) is 2.27. The molecule has 2 aromatic carbocycles. The lowest BCUT2D eigenvalue weighted by Crippen LogP contribution is -2.49. The Morgan fingerprint density at radius 3 is 2.64 bits per heavy atom. The molecule has 4 rings (SSSR count). The summed E-state index contributed by atoms with van der Waals surface area (Å²) in [6, 6.07) is 16.2. The van der Waals surface area contributed by atoms with Crippen LogP contribution in [-0.4, -0.2) is 47.2 Å². The molecule has 1 atom stereocenters. The van der Waals surface area contributed by atoms with E-state index in [0.29, 0.717) is 23.4 Å². The predicted octanol–water partition coefficient (Wildman–Crippen LogP) is 3.26. The number of pyridine rings is 1. The quantitative estimate of drug-likeness (QED) is 0.556. The molecule has 1 aromatic heterocycles. The second-order valence-corrected chi connectivity index (χ2v) is 9.44. The van der Waals surface area contributed by atoms with Gasteiger partial charge in [0.05, 0.1) is 5.69 Å². The van der Waals surface area contributed by atoms with Crippen molar-refractivity contribution < 1.29 is 19.4 Å². The fourth-order valence-electron chi connectivity index (χ4n) is 3.79. The van der Waals surface area contributed by atoms with Gasteiger partial charge in [0, 0.05) is 18.8 Å². The van der Waals surface area contributed by atoms with E-state index in [1.54, 1.807) is 51.4 Å². The number of carbonyl (C=O) groups is 2. The first-order chi connectivity index (χ1) is 17.1. The van der Waals surface area contributed by atoms with E-state index in [1.165, 1.54) is 10.5 Å². The van der Waals surface area contributed by atoms with Crippen molar-refractivity contribution in [1.29, 1.82) is 0 Å². The number of aromatic nitrogens is 1. The predicted molar refractivity (Wildman–Crippen MR) is 138 cm³/mol. The first-order valence-electron chi connectivity index (χ1n) is 11.7. The van der Waals surface area contributed by atoms with Crippen LogP contribution in [0.2, 0.25) is 0 Å². The van der Waals surface area contributed by atoms with E-state index in [4.69, 9.17) is 4.74 Å². The summed E-state index contributed by atoms with van der Waals surface area (Å²) >= 11 is 0. The Kier molecular flexibility index (Phi) is 7.09. The van der Waals surface area contributed by atoms with Crippen molar-refractivity contribution in [3.8, 4) is 17.6 Å². The van der Waals surface area contributed by atoms with Gasteiger partial charge in [-0.3, -0.25) is 14.6 Å². The minimum Gasteiger partial charge on any atom is -0.489 e. The number of fused-ring (bicyclic) bond motifs is 1. The highest BCUT2D eigenvalue weighted by Crippen LogP contribution is 2.31. The zero-order chi connectivity index (χ0) is 25.9. The summed E-state index contributed by atoms with van der Waals surface area (Å²) in [7, 11) is 1.63. The summed E-state index contributed by atoms with van der Waals surface area (Å²) in [4.78, 5) is 31.8. The molecule has 1 aliphatic heterocycles. The number of carbonyl (C=O) groups excluding carboxylic acids is 2. The second kappa shape index (κ2) is 10.2. The van der Waals surface area contributed by atoms with Crippen LogP contribution in [0.15, 0.2) is 60.8 Å². The van der Waals surface area contributed by atoms with Crippen LogP contribution in [-0.2, 0) is 11.2 Å². The number of ether oxygens (including phenoxy) is 1. The maximum atomic E-state index is 13.2. The fraction of sp³-hybridized carbons (Fsp3) is 0.276. The lowest BCUT2D eigenvalue weighted by Gasteiger charge is -2.20. The molecule has 2 amide bonds. The molecule has 0 radical (unpaired) electrons. The number of hydrogen-bond acceptors (Lipinski definition) is 5. The van der Waals surface area contributed by atoms with Gasteiger partial charge in [0.25, 0.3) is 11.8 Å². The summed E-state index contributed by atoms with van der Waals surface area (Å²) in [5.74, 6) is 5.42. The van der Waals surface area contributed by atoms with Crippen molar-refractivity contribution in [1.82, 2.24) is 10.3 Å². The number of anilines is 1. The normalized spacial score (nSPS) is 15.2. The number of hydrogen-bond donors (Lipinski definition) is 2. The SMILES string of the molecule is Cc1ccc(Cc2ccnc(C(=O)N[C@H]3COc4ccc(C#CC(C)(C)O)cc4N(C)C3=O)c2)cc1.